The first-order valence-corrected chi connectivity index (χ1v) is 7.90. The lowest BCUT2D eigenvalue weighted by molar-refractivity contribution is -0.118. The van der Waals surface area contributed by atoms with Crippen molar-refractivity contribution in [1.29, 1.82) is 0 Å². The summed E-state index contributed by atoms with van der Waals surface area (Å²) in [5.74, 6) is 0.219. The minimum atomic E-state index is -1.04. The molecule has 1 amide bonds. The summed E-state index contributed by atoms with van der Waals surface area (Å²) in [7, 11) is 0. The molecular weight excluding hydrogens is 316 g/mol. The number of hydrogen-bond donors (Lipinski definition) is 3. The van der Waals surface area contributed by atoms with E-state index in [2.05, 4.69) is 0 Å². The summed E-state index contributed by atoms with van der Waals surface area (Å²) in [6.07, 6.45) is 0.614. The highest BCUT2D eigenvalue weighted by molar-refractivity contribution is 7.10. The Morgan fingerprint density at radius 3 is 2.91 bits per heavy atom. The Morgan fingerprint density at radius 1 is 1.39 bits per heavy atom. The van der Waals surface area contributed by atoms with Gasteiger partial charge in [-0.1, -0.05) is 6.07 Å². The van der Waals surface area contributed by atoms with E-state index in [9.17, 15) is 9.90 Å². The van der Waals surface area contributed by atoms with E-state index >= 15 is 0 Å². The Labute approximate surface area is 137 Å². The molecule has 0 radical (unpaired) electrons. The quantitative estimate of drug-likeness (QED) is 0.582. The van der Waals surface area contributed by atoms with Crippen LogP contribution < -0.4 is 15.4 Å². The maximum absolute atomic E-state index is 12.7. The highest BCUT2D eigenvalue weighted by Crippen LogP contribution is 2.37. The average molecular weight is 332 g/mol. The number of nitrogens with zero attached hydrogens (tertiary/aromatic N) is 1. The summed E-state index contributed by atoms with van der Waals surface area (Å²) < 4.78 is 5.70. The van der Waals surface area contributed by atoms with Crippen LogP contribution in [0, 0.1) is 0 Å². The van der Waals surface area contributed by atoms with Gasteiger partial charge in [0, 0.05) is 22.7 Å². The number of nitrogens with two attached hydrogens (primary N) is 1. The van der Waals surface area contributed by atoms with E-state index in [4.69, 9.17) is 15.6 Å². The molecule has 3 rings (SSSR count). The molecule has 0 bridgehead atoms. The fourth-order valence-corrected chi connectivity index (χ4v) is 2.93. The predicted molar refractivity (Wildman–Crippen MR) is 89.2 cm³/mol. The molecule has 0 fully saturated rings. The molecule has 23 heavy (non-hydrogen) atoms. The van der Waals surface area contributed by atoms with Gasteiger partial charge in [-0.05, 0) is 23.6 Å². The summed E-state index contributed by atoms with van der Waals surface area (Å²) in [6, 6.07) is 8.69. The van der Waals surface area contributed by atoms with Crippen molar-refractivity contribution < 1.29 is 19.7 Å². The van der Waals surface area contributed by atoms with Crippen molar-refractivity contribution in [2.24, 2.45) is 0 Å². The fourth-order valence-electron chi connectivity index (χ4n) is 2.28. The summed E-state index contributed by atoms with van der Waals surface area (Å²) in [5.41, 5.74) is 6.80. The zero-order chi connectivity index (χ0) is 16.4. The van der Waals surface area contributed by atoms with Gasteiger partial charge in [-0.3, -0.25) is 9.69 Å². The molecule has 1 unspecified atom stereocenters. The smallest absolute Gasteiger partial charge is 0.294 e. The van der Waals surface area contributed by atoms with Crippen LogP contribution in [0.2, 0.25) is 0 Å². The van der Waals surface area contributed by atoms with Gasteiger partial charge in [0.2, 0.25) is 0 Å². The van der Waals surface area contributed by atoms with Crippen LogP contribution in [0.15, 0.2) is 41.5 Å². The maximum atomic E-state index is 12.7. The van der Waals surface area contributed by atoms with E-state index in [0.29, 0.717) is 17.1 Å². The molecule has 4 N–H and O–H groups in total. The number of carbonyl (C=O) groups is 1. The van der Waals surface area contributed by atoms with Crippen molar-refractivity contribution in [2.45, 2.75) is 6.10 Å². The van der Waals surface area contributed by atoms with Crippen LogP contribution in [0.5, 0.6) is 5.75 Å². The van der Waals surface area contributed by atoms with Crippen molar-refractivity contribution in [2.75, 3.05) is 23.8 Å². The number of aliphatic hydroxyl groups excluding tert-OH is 2. The second-order valence-corrected chi connectivity index (χ2v) is 6.08. The molecule has 120 valence electrons. The van der Waals surface area contributed by atoms with Crippen LogP contribution in [-0.4, -0.2) is 35.4 Å². The summed E-state index contributed by atoms with van der Waals surface area (Å²) in [6.45, 7) is -0.462. The standard InChI is InChI=1S/C16H16N2O4S/c17-10-3-4-13-14(6-10)22-15(7-12-2-1-5-23-12)16(21)18(13)8-11(20)9-19/h1-7,11,19-20H,8-9,17H2/b15-7+. The number of hydrogen-bond acceptors (Lipinski definition) is 6. The molecule has 0 spiro atoms. The number of carbonyl (C=O) groups excluding carboxylic acids is 1. The van der Waals surface area contributed by atoms with Crippen LogP contribution in [-0.2, 0) is 4.79 Å². The zero-order valence-electron chi connectivity index (χ0n) is 12.2. The number of β-amino-alcohol motifs (C(OH)–C–C–N with tert-alkyl or cyclic N) is 1. The van der Waals surface area contributed by atoms with Crippen LogP contribution in [0.1, 0.15) is 4.88 Å². The third kappa shape index (κ3) is 3.21. The third-order valence-corrected chi connectivity index (χ3v) is 4.19. The summed E-state index contributed by atoms with van der Waals surface area (Å²) in [4.78, 5) is 14.9. The molecular formula is C16H16N2O4S. The molecule has 1 aliphatic rings. The first-order valence-electron chi connectivity index (χ1n) is 7.02. The molecule has 0 saturated heterocycles. The highest BCUT2D eigenvalue weighted by atomic mass is 32.1. The van der Waals surface area contributed by atoms with Crippen molar-refractivity contribution in [3.8, 4) is 5.75 Å². The lowest BCUT2D eigenvalue weighted by Gasteiger charge is -2.31. The molecule has 1 atom stereocenters. The molecule has 2 heterocycles. The second kappa shape index (κ2) is 6.41. The SMILES string of the molecule is Nc1ccc2c(c1)O/C(=C/c1cccs1)C(=O)N2CC(O)CO. The van der Waals surface area contributed by atoms with Gasteiger partial charge in [-0.2, -0.15) is 0 Å². The number of aliphatic hydroxyl groups is 2. The largest absolute Gasteiger partial charge is 0.449 e. The Bertz CT molecular complexity index is 743. The molecule has 1 aliphatic heterocycles. The average Bonchev–Trinajstić information content (AvgIpc) is 3.04. The second-order valence-electron chi connectivity index (χ2n) is 5.11. The summed E-state index contributed by atoms with van der Waals surface area (Å²) >= 11 is 1.48. The highest BCUT2D eigenvalue weighted by Gasteiger charge is 2.31. The van der Waals surface area contributed by atoms with E-state index in [-0.39, 0.29) is 18.2 Å². The Kier molecular flexibility index (Phi) is 4.33. The van der Waals surface area contributed by atoms with Crippen LogP contribution in [0.4, 0.5) is 11.4 Å². The number of nitrogen functional groups attached to an aromatic ring is 1. The maximum Gasteiger partial charge on any atom is 0.294 e. The Balaban J connectivity index is 2.02. The van der Waals surface area contributed by atoms with E-state index in [1.807, 2.05) is 17.5 Å². The van der Waals surface area contributed by atoms with Crippen molar-refractivity contribution in [3.05, 3.63) is 46.3 Å². The number of ether oxygens (including phenoxy) is 1. The van der Waals surface area contributed by atoms with E-state index < -0.39 is 12.7 Å². The lowest BCUT2D eigenvalue weighted by atomic mass is 10.1. The monoisotopic (exact) mass is 332 g/mol. The van der Waals surface area contributed by atoms with Crippen LogP contribution >= 0.6 is 11.3 Å². The number of amides is 1. The normalized spacial score (nSPS) is 17.0. The van der Waals surface area contributed by atoms with Crippen LogP contribution in [0.3, 0.4) is 0 Å². The number of rotatable bonds is 4. The Morgan fingerprint density at radius 2 is 2.22 bits per heavy atom. The third-order valence-electron chi connectivity index (χ3n) is 3.37. The number of thiophene rings is 1. The van der Waals surface area contributed by atoms with Gasteiger partial charge in [-0.15, -0.1) is 11.3 Å². The first-order chi connectivity index (χ1) is 11.1. The van der Waals surface area contributed by atoms with E-state index in [1.165, 1.54) is 16.2 Å². The van der Waals surface area contributed by atoms with Gasteiger partial charge < -0.3 is 20.7 Å². The number of anilines is 2. The summed E-state index contributed by atoms with van der Waals surface area (Å²) in [5, 5.41) is 20.7. The Hall–Kier alpha value is -2.35. The van der Waals surface area contributed by atoms with Gasteiger partial charge >= 0.3 is 0 Å². The van der Waals surface area contributed by atoms with Gasteiger partial charge in [0.15, 0.2) is 11.5 Å². The van der Waals surface area contributed by atoms with Crippen LogP contribution in [0.25, 0.3) is 6.08 Å². The molecule has 0 saturated carbocycles. The molecule has 1 aromatic carbocycles. The number of benzene rings is 1. The zero-order valence-corrected chi connectivity index (χ0v) is 13.0. The predicted octanol–water partition coefficient (Wildman–Crippen LogP) is 1.45. The molecule has 7 heteroatoms. The van der Waals surface area contributed by atoms with Gasteiger partial charge in [-0.25, -0.2) is 0 Å². The number of fused-ring (bicyclic) bond motifs is 1. The molecule has 6 nitrogen and oxygen atoms in total. The molecule has 1 aromatic heterocycles. The van der Waals surface area contributed by atoms with Gasteiger partial charge in [0.25, 0.3) is 5.91 Å². The van der Waals surface area contributed by atoms with Gasteiger partial charge in [0.05, 0.1) is 24.9 Å². The van der Waals surface area contributed by atoms with Crippen molar-refractivity contribution >= 4 is 34.7 Å². The minimum Gasteiger partial charge on any atom is -0.449 e. The fraction of sp³-hybridized carbons (Fsp3) is 0.188. The van der Waals surface area contributed by atoms with Crippen molar-refractivity contribution in [1.82, 2.24) is 0 Å². The first kappa shape index (κ1) is 15.5. The van der Waals surface area contributed by atoms with Gasteiger partial charge in [0.1, 0.15) is 0 Å². The topological polar surface area (TPSA) is 96.0 Å². The lowest BCUT2D eigenvalue weighted by Crippen LogP contribution is -2.43. The van der Waals surface area contributed by atoms with Crippen molar-refractivity contribution in [3.63, 3.8) is 0 Å². The molecule has 0 aliphatic carbocycles. The minimum absolute atomic E-state index is 0.0304. The molecule has 2 aromatic rings. The van der Waals surface area contributed by atoms with E-state index in [0.717, 1.165) is 4.88 Å². The van der Waals surface area contributed by atoms with E-state index in [1.54, 1.807) is 24.3 Å².